The van der Waals surface area contributed by atoms with Crippen LogP contribution in [0, 0.1) is 0 Å². The van der Waals surface area contributed by atoms with E-state index in [4.69, 9.17) is 13.9 Å². The molecule has 2 heterocycles. The van der Waals surface area contributed by atoms with E-state index < -0.39 is 5.79 Å². The number of hydrogen-bond donors (Lipinski definition) is 1. The largest absolute Gasteiger partial charge is 0.468 e. The zero-order valence-electron chi connectivity index (χ0n) is 8.99. The van der Waals surface area contributed by atoms with E-state index in [1.165, 1.54) is 0 Å². The molecule has 1 fully saturated rings. The average molecular weight is 211 g/mol. The quantitative estimate of drug-likeness (QED) is 0.750. The van der Waals surface area contributed by atoms with Crippen molar-refractivity contribution in [1.29, 1.82) is 0 Å². The Bertz CT molecular complexity index is 278. The van der Waals surface area contributed by atoms with Crippen LogP contribution in [0.15, 0.2) is 22.8 Å². The first-order valence-electron chi connectivity index (χ1n) is 5.29. The molecule has 4 nitrogen and oxygen atoms in total. The number of furan rings is 1. The van der Waals surface area contributed by atoms with Crippen LogP contribution in [-0.2, 0) is 16.0 Å². The first kappa shape index (κ1) is 10.7. The summed E-state index contributed by atoms with van der Waals surface area (Å²) < 4.78 is 16.2. The Kier molecular flexibility index (Phi) is 3.41. The van der Waals surface area contributed by atoms with Gasteiger partial charge < -0.3 is 19.2 Å². The Labute approximate surface area is 89.6 Å². The smallest absolute Gasteiger partial charge is 0.166 e. The number of nitrogens with one attached hydrogen (secondary N) is 1. The second kappa shape index (κ2) is 4.79. The van der Waals surface area contributed by atoms with Gasteiger partial charge in [-0.15, -0.1) is 0 Å². The van der Waals surface area contributed by atoms with Gasteiger partial charge in [-0.25, -0.2) is 0 Å². The average Bonchev–Trinajstić information content (AvgIpc) is 2.84. The predicted molar refractivity (Wildman–Crippen MR) is 55.3 cm³/mol. The molecule has 0 saturated carbocycles. The third-order valence-corrected chi connectivity index (χ3v) is 2.53. The molecular weight excluding hydrogens is 194 g/mol. The second-order valence-electron chi connectivity index (χ2n) is 3.84. The molecule has 1 N–H and O–H groups in total. The van der Waals surface area contributed by atoms with Crippen molar-refractivity contribution in [2.45, 2.75) is 25.7 Å². The van der Waals surface area contributed by atoms with Gasteiger partial charge in [0.25, 0.3) is 0 Å². The molecule has 4 heteroatoms. The number of rotatable bonds is 5. The maximum atomic E-state index is 5.49. The highest BCUT2D eigenvalue weighted by atomic mass is 16.7. The van der Waals surface area contributed by atoms with E-state index in [1.807, 2.05) is 19.1 Å². The lowest BCUT2D eigenvalue weighted by Crippen LogP contribution is -2.30. The maximum Gasteiger partial charge on any atom is 0.166 e. The van der Waals surface area contributed by atoms with Crippen molar-refractivity contribution in [3.63, 3.8) is 0 Å². The Morgan fingerprint density at radius 1 is 1.40 bits per heavy atom. The Morgan fingerprint density at radius 3 is 2.87 bits per heavy atom. The third-order valence-electron chi connectivity index (χ3n) is 2.53. The highest BCUT2D eigenvalue weighted by Crippen LogP contribution is 2.21. The lowest BCUT2D eigenvalue weighted by molar-refractivity contribution is -0.145. The van der Waals surface area contributed by atoms with Crippen LogP contribution in [0.1, 0.15) is 19.1 Å². The molecule has 0 atom stereocenters. The first-order chi connectivity index (χ1) is 7.29. The SMILES string of the molecule is CC1(CCNCc2ccco2)OCCO1. The van der Waals surface area contributed by atoms with Crippen LogP contribution in [0.5, 0.6) is 0 Å². The maximum absolute atomic E-state index is 5.49. The Balaban J connectivity index is 1.62. The summed E-state index contributed by atoms with van der Waals surface area (Å²) in [5.41, 5.74) is 0. The van der Waals surface area contributed by atoms with E-state index in [9.17, 15) is 0 Å². The topological polar surface area (TPSA) is 43.6 Å². The molecule has 15 heavy (non-hydrogen) atoms. The van der Waals surface area contributed by atoms with Gasteiger partial charge in [-0.1, -0.05) is 0 Å². The molecule has 0 amide bonds. The lowest BCUT2D eigenvalue weighted by atomic mass is 10.2. The molecule has 0 aromatic carbocycles. The summed E-state index contributed by atoms with van der Waals surface area (Å²) in [6.07, 6.45) is 2.54. The molecule has 1 aromatic heterocycles. The van der Waals surface area contributed by atoms with E-state index in [-0.39, 0.29) is 0 Å². The monoisotopic (exact) mass is 211 g/mol. The van der Waals surface area contributed by atoms with E-state index in [0.29, 0.717) is 13.2 Å². The molecular formula is C11H17NO3. The fraction of sp³-hybridized carbons (Fsp3) is 0.636. The van der Waals surface area contributed by atoms with Gasteiger partial charge in [0.05, 0.1) is 26.0 Å². The summed E-state index contributed by atoms with van der Waals surface area (Å²) in [6.45, 7) is 5.00. The van der Waals surface area contributed by atoms with Crippen LogP contribution in [0.3, 0.4) is 0 Å². The van der Waals surface area contributed by atoms with Gasteiger partial charge >= 0.3 is 0 Å². The van der Waals surface area contributed by atoms with Gasteiger partial charge in [-0.05, 0) is 19.1 Å². The van der Waals surface area contributed by atoms with E-state index in [0.717, 1.165) is 25.3 Å². The van der Waals surface area contributed by atoms with Gasteiger partial charge in [0.15, 0.2) is 5.79 Å². The van der Waals surface area contributed by atoms with Crippen molar-refractivity contribution in [2.75, 3.05) is 19.8 Å². The Morgan fingerprint density at radius 2 is 2.20 bits per heavy atom. The highest BCUT2D eigenvalue weighted by molar-refractivity contribution is 4.97. The van der Waals surface area contributed by atoms with Gasteiger partial charge in [-0.3, -0.25) is 0 Å². The summed E-state index contributed by atoms with van der Waals surface area (Å²) >= 11 is 0. The minimum absolute atomic E-state index is 0.393. The van der Waals surface area contributed by atoms with Crippen molar-refractivity contribution in [1.82, 2.24) is 5.32 Å². The summed E-state index contributed by atoms with van der Waals surface area (Å²) in [5.74, 6) is 0.560. The standard InChI is InChI=1S/C11H17NO3/c1-11(14-7-8-15-11)4-5-12-9-10-3-2-6-13-10/h2-3,6,12H,4-5,7-9H2,1H3. The number of ether oxygens (including phenoxy) is 2. The molecule has 1 aliphatic heterocycles. The van der Waals surface area contributed by atoms with Crippen LogP contribution in [-0.4, -0.2) is 25.5 Å². The van der Waals surface area contributed by atoms with Crippen molar-refractivity contribution >= 4 is 0 Å². The molecule has 1 aromatic rings. The molecule has 0 unspecified atom stereocenters. The van der Waals surface area contributed by atoms with Gasteiger partial charge in [0.2, 0.25) is 0 Å². The van der Waals surface area contributed by atoms with Crippen molar-refractivity contribution in [3.05, 3.63) is 24.2 Å². The molecule has 84 valence electrons. The summed E-state index contributed by atoms with van der Waals surface area (Å²) in [5, 5.41) is 3.29. The fourth-order valence-electron chi connectivity index (χ4n) is 1.64. The first-order valence-corrected chi connectivity index (χ1v) is 5.29. The molecule has 0 aliphatic carbocycles. The zero-order valence-corrected chi connectivity index (χ0v) is 8.99. The normalized spacial score (nSPS) is 19.5. The molecule has 0 radical (unpaired) electrons. The van der Waals surface area contributed by atoms with Crippen LogP contribution < -0.4 is 5.32 Å². The van der Waals surface area contributed by atoms with Crippen LogP contribution in [0.25, 0.3) is 0 Å². The second-order valence-corrected chi connectivity index (χ2v) is 3.84. The van der Waals surface area contributed by atoms with Crippen LogP contribution >= 0.6 is 0 Å². The van der Waals surface area contributed by atoms with E-state index >= 15 is 0 Å². The fourth-order valence-corrected chi connectivity index (χ4v) is 1.64. The van der Waals surface area contributed by atoms with Crippen LogP contribution in [0.2, 0.25) is 0 Å². The van der Waals surface area contributed by atoms with Crippen molar-refractivity contribution in [2.24, 2.45) is 0 Å². The van der Waals surface area contributed by atoms with E-state index in [2.05, 4.69) is 5.32 Å². The van der Waals surface area contributed by atoms with Gasteiger partial charge in [-0.2, -0.15) is 0 Å². The van der Waals surface area contributed by atoms with Crippen molar-refractivity contribution in [3.8, 4) is 0 Å². The minimum Gasteiger partial charge on any atom is -0.468 e. The third kappa shape index (κ3) is 3.06. The van der Waals surface area contributed by atoms with E-state index in [1.54, 1.807) is 6.26 Å². The van der Waals surface area contributed by atoms with Crippen molar-refractivity contribution < 1.29 is 13.9 Å². The zero-order chi connectivity index (χ0) is 10.6. The summed E-state index contributed by atoms with van der Waals surface area (Å²) in [4.78, 5) is 0. The Hall–Kier alpha value is -0.840. The van der Waals surface area contributed by atoms with Gasteiger partial charge in [0, 0.05) is 13.0 Å². The predicted octanol–water partition coefficient (Wildman–Crippen LogP) is 1.52. The summed E-state index contributed by atoms with van der Waals surface area (Å²) in [6, 6.07) is 3.85. The lowest BCUT2D eigenvalue weighted by Gasteiger charge is -2.21. The molecule has 1 saturated heterocycles. The molecule has 0 spiro atoms. The van der Waals surface area contributed by atoms with Gasteiger partial charge in [0.1, 0.15) is 5.76 Å². The summed E-state index contributed by atoms with van der Waals surface area (Å²) in [7, 11) is 0. The van der Waals surface area contributed by atoms with Crippen LogP contribution in [0.4, 0.5) is 0 Å². The molecule has 0 bridgehead atoms. The molecule has 1 aliphatic rings. The molecule has 2 rings (SSSR count). The minimum atomic E-state index is -0.393. The highest BCUT2D eigenvalue weighted by Gasteiger charge is 2.29. The number of hydrogen-bond acceptors (Lipinski definition) is 4.